The third-order valence-electron chi connectivity index (χ3n) is 4.03. The van der Waals surface area contributed by atoms with E-state index in [1.807, 2.05) is 20.8 Å². The Hall–Kier alpha value is 0.0569. The summed E-state index contributed by atoms with van der Waals surface area (Å²) in [5, 5.41) is 0. The number of hydrogen-bond acceptors (Lipinski definition) is 4. The number of nitrogens with two attached hydrogens (primary N) is 1. The van der Waals surface area contributed by atoms with Gasteiger partial charge in [0.15, 0.2) is 0 Å². The molecule has 0 aromatic carbocycles. The van der Waals surface area contributed by atoms with Gasteiger partial charge >= 0.3 is 8.80 Å². The van der Waals surface area contributed by atoms with Crippen LogP contribution >= 0.6 is 0 Å². The van der Waals surface area contributed by atoms with Gasteiger partial charge in [-0.15, -0.1) is 0 Å². The molecule has 0 radical (unpaired) electrons. The van der Waals surface area contributed by atoms with Crippen molar-refractivity contribution < 1.29 is 13.3 Å². The van der Waals surface area contributed by atoms with Crippen molar-refractivity contribution >= 4 is 8.80 Å². The Kier molecular flexibility index (Phi) is 16.9. The fraction of sp³-hybridized carbons (Fsp3) is 1.00. The van der Waals surface area contributed by atoms with Gasteiger partial charge in [-0.05, 0) is 40.2 Å². The molecule has 0 saturated heterocycles. The maximum absolute atomic E-state index is 5.89. The smallest absolute Gasteiger partial charge is 0.374 e. The molecule has 23 heavy (non-hydrogen) atoms. The Morgan fingerprint density at radius 1 is 0.565 bits per heavy atom. The maximum Gasteiger partial charge on any atom is 0.500 e. The average molecular weight is 348 g/mol. The Morgan fingerprint density at radius 3 is 1.26 bits per heavy atom. The molecule has 0 aliphatic carbocycles. The molecular formula is C18H41NO3Si. The van der Waals surface area contributed by atoms with Crippen LogP contribution in [0.15, 0.2) is 0 Å². The summed E-state index contributed by atoms with van der Waals surface area (Å²) in [4.78, 5) is 0. The standard InChI is InChI=1S/C18H41NO3Si/c1-4-20-23(21-5-2,22-6-3)18-16-14-12-10-8-7-9-11-13-15-17-19/h4-19H2,1-3H3. The first-order chi connectivity index (χ1) is 11.2. The molecule has 140 valence electrons. The van der Waals surface area contributed by atoms with E-state index in [0.717, 1.165) is 19.0 Å². The fourth-order valence-corrected chi connectivity index (χ4v) is 5.59. The van der Waals surface area contributed by atoms with Gasteiger partial charge in [-0.3, -0.25) is 0 Å². The van der Waals surface area contributed by atoms with Crippen LogP contribution in [0.4, 0.5) is 0 Å². The Morgan fingerprint density at radius 2 is 0.913 bits per heavy atom. The van der Waals surface area contributed by atoms with Crippen molar-refractivity contribution in [3.63, 3.8) is 0 Å². The predicted molar refractivity (Wildman–Crippen MR) is 101 cm³/mol. The van der Waals surface area contributed by atoms with Gasteiger partial charge in [0.2, 0.25) is 0 Å². The van der Waals surface area contributed by atoms with Crippen LogP contribution < -0.4 is 5.73 Å². The molecule has 5 heteroatoms. The van der Waals surface area contributed by atoms with E-state index in [9.17, 15) is 0 Å². The Bertz CT molecular complexity index is 225. The minimum atomic E-state index is -2.40. The van der Waals surface area contributed by atoms with Crippen LogP contribution in [0.1, 0.15) is 85.0 Å². The van der Waals surface area contributed by atoms with Gasteiger partial charge in [0, 0.05) is 25.9 Å². The molecule has 0 atom stereocenters. The largest absolute Gasteiger partial charge is 0.500 e. The van der Waals surface area contributed by atoms with Crippen LogP contribution in [0, 0.1) is 0 Å². The van der Waals surface area contributed by atoms with Crippen molar-refractivity contribution in [2.75, 3.05) is 26.4 Å². The molecule has 0 amide bonds. The van der Waals surface area contributed by atoms with E-state index in [1.165, 1.54) is 57.8 Å². The molecule has 0 aromatic rings. The molecule has 0 aliphatic rings. The summed E-state index contributed by atoms with van der Waals surface area (Å²) in [5.41, 5.74) is 5.50. The summed E-state index contributed by atoms with van der Waals surface area (Å²) in [6, 6.07) is 0.960. The van der Waals surface area contributed by atoms with Crippen LogP contribution in [0.5, 0.6) is 0 Å². The maximum atomic E-state index is 5.89. The summed E-state index contributed by atoms with van der Waals surface area (Å²) in [5.74, 6) is 0. The molecule has 0 heterocycles. The lowest BCUT2D eigenvalue weighted by atomic mass is 10.1. The van der Waals surface area contributed by atoms with Crippen molar-refractivity contribution in [1.82, 2.24) is 0 Å². The molecule has 0 aromatic heterocycles. The Labute approximate surface area is 145 Å². The van der Waals surface area contributed by atoms with Gasteiger partial charge in [0.25, 0.3) is 0 Å². The number of hydrogen-bond donors (Lipinski definition) is 1. The lowest BCUT2D eigenvalue weighted by molar-refractivity contribution is 0.0706. The van der Waals surface area contributed by atoms with Gasteiger partial charge in [-0.1, -0.05) is 51.4 Å². The number of rotatable bonds is 18. The second-order valence-electron chi connectivity index (χ2n) is 6.06. The van der Waals surface area contributed by atoms with Gasteiger partial charge in [-0.2, -0.15) is 0 Å². The third-order valence-corrected chi connectivity index (χ3v) is 7.18. The molecule has 0 fully saturated rings. The normalized spacial score (nSPS) is 12.0. The zero-order valence-electron chi connectivity index (χ0n) is 15.9. The van der Waals surface area contributed by atoms with Crippen molar-refractivity contribution in [3.05, 3.63) is 0 Å². The van der Waals surface area contributed by atoms with E-state index in [2.05, 4.69) is 0 Å². The molecule has 0 aliphatic heterocycles. The highest BCUT2D eigenvalue weighted by Gasteiger charge is 2.39. The zero-order valence-corrected chi connectivity index (χ0v) is 16.9. The lowest BCUT2D eigenvalue weighted by Crippen LogP contribution is -2.45. The predicted octanol–water partition coefficient (Wildman–Crippen LogP) is 4.89. The van der Waals surface area contributed by atoms with Crippen LogP contribution in [0.25, 0.3) is 0 Å². The molecule has 0 rings (SSSR count). The first kappa shape index (κ1) is 23.1. The average Bonchev–Trinajstić information content (AvgIpc) is 2.53. The topological polar surface area (TPSA) is 53.7 Å². The van der Waals surface area contributed by atoms with Crippen molar-refractivity contribution in [1.29, 1.82) is 0 Å². The molecule has 4 nitrogen and oxygen atoms in total. The molecule has 0 saturated carbocycles. The van der Waals surface area contributed by atoms with Crippen molar-refractivity contribution in [2.45, 2.75) is 91.0 Å². The number of unbranched alkanes of at least 4 members (excludes halogenated alkanes) is 9. The highest BCUT2D eigenvalue weighted by molar-refractivity contribution is 6.60. The van der Waals surface area contributed by atoms with E-state index >= 15 is 0 Å². The molecule has 0 bridgehead atoms. The van der Waals surface area contributed by atoms with E-state index in [1.54, 1.807) is 0 Å². The summed E-state index contributed by atoms with van der Waals surface area (Å²) in [6.07, 6.45) is 13.0. The third kappa shape index (κ3) is 13.1. The molecule has 0 spiro atoms. The van der Waals surface area contributed by atoms with Crippen LogP contribution in [0.2, 0.25) is 6.04 Å². The minimum Gasteiger partial charge on any atom is -0.374 e. The zero-order chi connectivity index (χ0) is 17.2. The van der Waals surface area contributed by atoms with Crippen LogP contribution in [-0.4, -0.2) is 35.2 Å². The highest BCUT2D eigenvalue weighted by Crippen LogP contribution is 2.20. The minimum absolute atomic E-state index is 0.677. The van der Waals surface area contributed by atoms with E-state index in [-0.39, 0.29) is 0 Å². The first-order valence-electron chi connectivity index (χ1n) is 9.86. The summed E-state index contributed by atoms with van der Waals surface area (Å²) in [7, 11) is -2.40. The quantitative estimate of drug-likeness (QED) is 0.283. The highest BCUT2D eigenvalue weighted by atomic mass is 28.4. The lowest BCUT2D eigenvalue weighted by Gasteiger charge is -2.28. The monoisotopic (exact) mass is 347 g/mol. The van der Waals surface area contributed by atoms with Crippen molar-refractivity contribution in [3.8, 4) is 0 Å². The van der Waals surface area contributed by atoms with Crippen LogP contribution in [0.3, 0.4) is 0 Å². The van der Waals surface area contributed by atoms with E-state index in [4.69, 9.17) is 19.0 Å². The molecule has 0 unspecified atom stereocenters. The van der Waals surface area contributed by atoms with Crippen LogP contribution in [-0.2, 0) is 13.3 Å². The molecule has 2 N–H and O–H groups in total. The Balaban J connectivity index is 3.65. The fourth-order valence-electron chi connectivity index (χ4n) is 2.90. The summed E-state index contributed by atoms with van der Waals surface area (Å²) < 4.78 is 17.7. The first-order valence-corrected chi connectivity index (χ1v) is 11.8. The van der Waals surface area contributed by atoms with Crippen molar-refractivity contribution in [2.24, 2.45) is 5.73 Å². The van der Waals surface area contributed by atoms with E-state index in [0.29, 0.717) is 19.8 Å². The van der Waals surface area contributed by atoms with Gasteiger partial charge in [0.1, 0.15) is 0 Å². The van der Waals surface area contributed by atoms with Gasteiger partial charge in [0.05, 0.1) is 0 Å². The summed E-state index contributed by atoms with van der Waals surface area (Å²) >= 11 is 0. The molecular weight excluding hydrogens is 306 g/mol. The second kappa shape index (κ2) is 16.9. The van der Waals surface area contributed by atoms with E-state index < -0.39 is 8.80 Å². The van der Waals surface area contributed by atoms with Gasteiger partial charge in [-0.25, -0.2) is 0 Å². The summed E-state index contributed by atoms with van der Waals surface area (Å²) in [6.45, 7) is 8.94. The van der Waals surface area contributed by atoms with Gasteiger partial charge < -0.3 is 19.0 Å². The SMILES string of the molecule is CCO[Si](CCCCCCCCCCCCN)(OCC)OCC. The second-order valence-corrected chi connectivity index (χ2v) is 8.79.